The van der Waals surface area contributed by atoms with Crippen molar-refractivity contribution in [2.45, 2.75) is 31.2 Å². The van der Waals surface area contributed by atoms with E-state index in [0.29, 0.717) is 0 Å². The van der Waals surface area contributed by atoms with Crippen molar-refractivity contribution in [2.24, 2.45) is 4.99 Å². The van der Waals surface area contributed by atoms with E-state index < -0.39 is 0 Å². The van der Waals surface area contributed by atoms with E-state index in [1.165, 1.54) is 18.4 Å². The first-order chi connectivity index (χ1) is 11.7. The van der Waals surface area contributed by atoms with E-state index in [0.717, 1.165) is 36.5 Å². The SMILES string of the molecule is CN=C(NCCCn1cccn1)NCC1(c2cccc(Br)c2)CC1. The van der Waals surface area contributed by atoms with Crippen LogP contribution >= 0.6 is 15.9 Å². The zero-order chi connectivity index (χ0) is 16.8. The van der Waals surface area contributed by atoms with Crippen LogP contribution in [0.5, 0.6) is 0 Å². The van der Waals surface area contributed by atoms with Crippen molar-refractivity contribution in [1.29, 1.82) is 0 Å². The number of hydrogen-bond acceptors (Lipinski definition) is 2. The molecule has 1 fully saturated rings. The molecule has 1 aromatic heterocycles. The van der Waals surface area contributed by atoms with Crippen LogP contribution in [0.25, 0.3) is 0 Å². The second-order valence-corrected chi connectivity index (χ2v) is 7.18. The first-order valence-corrected chi connectivity index (χ1v) is 9.19. The van der Waals surface area contributed by atoms with Crippen molar-refractivity contribution in [3.8, 4) is 0 Å². The minimum atomic E-state index is 0.260. The molecule has 3 rings (SSSR count). The largest absolute Gasteiger partial charge is 0.356 e. The first-order valence-electron chi connectivity index (χ1n) is 8.40. The molecule has 0 bridgehead atoms. The van der Waals surface area contributed by atoms with Gasteiger partial charge in [0.05, 0.1) is 0 Å². The molecule has 1 heterocycles. The number of hydrogen-bond donors (Lipinski definition) is 2. The molecule has 0 atom stereocenters. The van der Waals surface area contributed by atoms with Gasteiger partial charge in [0.2, 0.25) is 0 Å². The Kier molecular flexibility index (Phi) is 5.56. The lowest BCUT2D eigenvalue weighted by Gasteiger charge is -2.19. The molecule has 0 unspecified atom stereocenters. The van der Waals surface area contributed by atoms with Gasteiger partial charge in [0.1, 0.15) is 0 Å². The molecule has 0 aliphatic heterocycles. The van der Waals surface area contributed by atoms with E-state index in [1.807, 2.05) is 30.2 Å². The quantitative estimate of drug-likeness (QED) is 0.434. The minimum absolute atomic E-state index is 0.260. The minimum Gasteiger partial charge on any atom is -0.356 e. The Morgan fingerprint density at radius 2 is 2.21 bits per heavy atom. The van der Waals surface area contributed by atoms with Gasteiger partial charge in [-0.3, -0.25) is 9.67 Å². The number of aryl methyl sites for hydroxylation is 1. The van der Waals surface area contributed by atoms with Gasteiger partial charge in [0.25, 0.3) is 0 Å². The molecule has 0 spiro atoms. The van der Waals surface area contributed by atoms with Crippen LogP contribution in [0.1, 0.15) is 24.8 Å². The van der Waals surface area contributed by atoms with Crippen molar-refractivity contribution < 1.29 is 0 Å². The van der Waals surface area contributed by atoms with Crippen molar-refractivity contribution in [3.63, 3.8) is 0 Å². The third-order valence-corrected chi connectivity index (χ3v) is 5.02. The van der Waals surface area contributed by atoms with E-state index in [1.54, 1.807) is 0 Å². The first kappa shape index (κ1) is 17.0. The Labute approximate surface area is 151 Å². The Balaban J connectivity index is 1.44. The molecule has 2 N–H and O–H groups in total. The number of nitrogens with zero attached hydrogens (tertiary/aromatic N) is 3. The summed E-state index contributed by atoms with van der Waals surface area (Å²) >= 11 is 3.57. The van der Waals surface area contributed by atoms with E-state index in [9.17, 15) is 0 Å². The molecule has 1 saturated carbocycles. The molecule has 5 nitrogen and oxygen atoms in total. The molecule has 24 heavy (non-hydrogen) atoms. The molecule has 1 aliphatic carbocycles. The van der Waals surface area contributed by atoms with Gasteiger partial charge in [0, 0.05) is 49.0 Å². The highest BCUT2D eigenvalue weighted by Crippen LogP contribution is 2.48. The zero-order valence-corrected chi connectivity index (χ0v) is 15.6. The summed E-state index contributed by atoms with van der Waals surface area (Å²) in [5.41, 5.74) is 1.66. The molecule has 2 aromatic rings. The van der Waals surface area contributed by atoms with Crippen LogP contribution in [0, 0.1) is 0 Å². The van der Waals surface area contributed by atoms with Crippen LogP contribution in [0.3, 0.4) is 0 Å². The van der Waals surface area contributed by atoms with Gasteiger partial charge in [-0.05, 0) is 43.0 Å². The standard InChI is InChI=1S/C18H24BrN5/c1-20-17(21-9-3-11-24-12-4-10-23-24)22-14-18(7-8-18)15-5-2-6-16(19)13-15/h2,4-6,10,12-13H,3,7-9,11,14H2,1H3,(H2,20,21,22). The Bertz CT molecular complexity index is 676. The summed E-state index contributed by atoms with van der Waals surface area (Å²) in [7, 11) is 1.82. The van der Waals surface area contributed by atoms with Crippen LogP contribution < -0.4 is 10.6 Å². The molecule has 128 valence electrons. The molecular formula is C18H24BrN5. The third kappa shape index (κ3) is 4.38. The van der Waals surface area contributed by atoms with Crippen LogP contribution in [0.4, 0.5) is 0 Å². The van der Waals surface area contributed by atoms with Crippen LogP contribution in [0.2, 0.25) is 0 Å². The topological polar surface area (TPSA) is 54.2 Å². The normalized spacial score (nSPS) is 16.0. The second kappa shape index (κ2) is 7.83. The Morgan fingerprint density at radius 1 is 1.33 bits per heavy atom. The van der Waals surface area contributed by atoms with Gasteiger partial charge in [-0.1, -0.05) is 28.1 Å². The lowest BCUT2D eigenvalue weighted by Crippen LogP contribution is -2.41. The predicted molar refractivity (Wildman–Crippen MR) is 101 cm³/mol. The Hall–Kier alpha value is -1.82. The monoisotopic (exact) mass is 389 g/mol. The Morgan fingerprint density at radius 3 is 2.88 bits per heavy atom. The van der Waals surface area contributed by atoms with Crippen molar-refractivity contribution in [3.05, 3.63) is 52.8 Å². The fraction of sp³-hybridized carbons (Fsp3) is 0.444. The van der Waals surface area contributed by atoms with Gasteiger partial charge < -0.3 is 10.6 Å². The van der Waals surface area contributed by atoms with Gasteiger partial charge >= 0.3 is 0 Å². The molecule has 1 aliphatic rings. The number of nitrogens with one attached hydrogen (secondary N) is 2. The lowest BCUT2D eigenvalue weighted by molar-refractivity contribution is 0.567. The van der Waals surface area contributed by atoms with E-state index in [4.69, 9.17) is 0 Å². The van der Waals surface area contributed by atoms with Gasteiger partial charge in [-0.2, -0.15) is 5.10 Å². The lowest BCUT2D eigenvalue weighted by atomic mass is 9.96. The third-order valence-electron chi connectivity index (χ3n) is 4.52. The average molecular weight is 390 g/mol. The number of aromatic nitrogens is 2. The number of halogens is 1. The van der Waals surface area contributed by atoms with Gasteiger partial charge in [-0.15, -0.1) is 0 Å². The summed E-state index contributed by atoms with van der Waals surface area (Å²) in [5, 5.41) is 11.1. The maximum atomic E-state index is 4.33. The van der Waals surface area contributed by atoms with Crippen LogP contribution in [-0.4, -0.2) is 35.9 Å². The van der Waals surface area contributed by atoms with E-state index in [2.05, 4.69) is 60.9 Å². The number of guanidine groups is 1. The highest BCUT2D eigenvalue weighted by Gasteiger charge is 2.44. The summed E-state index contributed by atoms with van der Waals surface area (Å²) in [5.74, 6) is 0.872. The summed E-state index contributed by atoms with van der Waals surface area (Å²) in [6, 6.07) is 10.6. The zero-order valence-electron chi connectivity index (χ0n) is 14.0. The molecular weight excluding hydrogens is 366 g/mol. The van der Waals surface area contributed by atoms with E-state index in [-0.39, 0.29) is 5.41 Å². The fourth-order valence-electron chi connectivity index (χ4n) is 2.89. The van der Waals surface area contributed by atoms with Crippen molar-refractivity contribution in [1.82, 2.24) is 20.4 Å². The number of rotatable bonds is 7. The molecule has 0 radical (unpaired) electrons. The van der Waals surface area contributed by atoms with Crippen LogP contribution in [0.15, 0.2) is 52.2 Å². The maximum absolute atomic E-state index is 4.33. The van der Waals surface area contributed by atoms with Crippen molar-refractivity contribution in [2.75, 3.05) is 20.1 Å². The summed E-state index contributed by atoms with van der Waals surface area (Å²) < 4.78 is 3.09. The number of benzene rings is 1. The molecule has 0 amide bonds. The number of aliphatic imine (C=N–C) groups is 1. The molecule has 1 aromatic carbocycles. The summed E-state index contributed by atoms with van der Waals surface area (Å²) in [6.45, 7) is 2.71. The van der Waals surface area contributed by atoms with Gasteiger partial charge in [0.15, 0.2) is 5.96 Å². The summed E-state index contributed by atoms with van der Waals surface area (Å²) in [4.78, 5) is 4.33. The average Bonchev–Trinajstić information content (AvgIpc) is 3.21. The van der Waals surface area contributed by atoms with Gasteiger partial charge in [-0.25, -0.2) is 0 Å². The molecule has 0 saturated heterocycles. The summed E-state index contributed by atoms with van der Waals surface area (Å²) in [6.07, 6.45) is 7.27. The fourth-order valence-corrected chi connectivity index (χ4v) is 3.29. The van der Waals surface area contributed by atoms with E-state index >= 15 is 0 Å². The molecule has 6 heteroatoms. The second-order valence-electron chi connectivity index (χ2n) is 6.27. The smallest absolute Gasteiger partial charge is 0.191 e. The highest BCUT2D eigenvalue weighted by atomic mass is 79.9. The maximum Gasteiger partial charge on any atom is 0.191 e. The predicted octanol–water partition coefficient (Wildman–Crippen LogP) is 2.93. The highest BCUT2D eigenvalue weighted by molar-refractivity contribution is 9.10. The van der Waals surface area contributed by atoms with Crippen LogP contribution in [-0.2, 0) is 12.0 Å². The van der Waals surface area contributed by atoms with Crippen molar-refractivity contribution >= 4 is 21.9 Å².